The molecule has 0 fully saturated rings. The number of aryl methyl sites for hydroxylation is 1. The fourth-order valence-corrected chi connectivity index (χ4v) is 1.68. The largest absolute Gasteiger partial charge is 0.338 e. The van der Waals surface area contributed by atoms with Gasteiger partial charge >= 0.3 is 0 Å². The lowest BCUT2D eigenvalue weighted by Gasteiger charge is -2.02. The van der Waals surface area contributed by atoms with Crippen LogP contribution in [0.1, 0.15) is 24.6 Å². The third kappa shape index (κ3) is 2.45. The zero-order chi connectivity index (χ0) is 12.1. The second kappa shape index (κ2) is 5.17. The molecule has 1 aromatic carbocycles. The Bertz CT molecular complexity index is 522. The molecule has 2 rings (SSSR count). The highest BCUT2D eigenvalue weighted by molar-refractivity contribution is 5.63. The summed E-state index contributed by atoms with van der Waals surface area (Å²) in [5.41, 5.74) is 2.43. The van der Waals surface area contributed by atoms with E-state index in [2.05, 4.69) is 28.5 Å². The Morgan fingerprint density at radius 3 is 2.76 bits per heavy atom. The van der Waals surface area contributed by atoms with E-state index in [1.807, 2.05) is 30.3 Å². The maximum Gasteiger partial charge on any atom is 0.170 e. The Morgan fingerprint density at radius 1 is 1.35 bits per heavy atom. The van der Waals surface area contributed by atoms with Crippen LogP contribution in [0.25, 0.3) is 0 Å². The number of nitriles is 1. The van der Waals surface area contributed by atoms with Crippen molar-refractivity contribution in [2.24, 2.45) is 0 Å². The van der Waals surface area contributed by atoms with Crippen molar-refractivity contribution in [2.45, 2.75) is 19.8 Å². The molecule has 17 heavy (non-hydrogen) atoms. The number of nitrogens with one attached hydrogen (secondary N) is 2. The van der Waals surface area contributed by atoms with E-state index in [4.69, 9.17) is 5.26 Å². The molecular formula is C13H14N4. The van der Waals surface area contributed by atoms with Crippen LogP contribution < -0.4 is 5.32 Å². The molecule has 1 heterocycles. The van der Waals surface area contributed by atoms with Crippen molar-refractivity contribution in [2.75, 3.05) is 5.32 Å². The van der Waals surface area contributed by atoms with Crippen molar-refractivity contribution < 1.29 is 0 Å². The minimum Gasteiger partial charge on any atom is -0.338 e. The number of anilines is 2. The topological polar surface area (TPSA) is 64.5 Å². The van der Waals surface area contributed by atoms with Crippen LogP contribution in [0.5, 0.6) is 0 Å². The van der Waals surface area contributed by atoms with Gasteiger partial charge in [0.25, 0.3) is 0 Å². The molecular weight excluding hydrogens is 212 g/mol. The molecule has 1 aromatic heterocycles. The molecule has 0 unspecified atom stereocenters. The van der Waals surface area contributed by atoms with Gasteiger partial charge < -0.3 is 5.32 Å². The number of hydrogen-bond acceptors (Lipinski definition) is 3. The molecule has 86 valence electrons. The van der Waals surface area contributed by atoms with Gasteiger partial charge in [0, 0.05) is 5.69 Å². The van der Waals surface area contributed by atoms with Crippen molar-refractivity contribution in [1.29, 1.82) is 5.26 Å². The summed E-state index contributed by atoms with van der Waals surface area (Å²) in [6.45, 7) is 2.08. The molecule has 0 amide bonds. The van der Waals surface area contributed by atoms with Gasteiger partial charge in [-0.1, -0.05) is 31.5 Å². The highest BCUT2D eigenvalue weighted by Gasteiger charge is 2.11. The predicted molar refractivity (Wildman–Crippen MR) is 67.0 cm³/mol. The van der Waals surface area contributed by atoms with E-state index in [1.54, 1.807) is 0 Å². The van der Waals surface area contributed by atoms with Crippen LogP contribution in [0.15, 0.2) is 30.3 Å². The summed E-state index contributed by atoms with van der Waals surface area (Å²) < 4.78 is 0. The van der Waals surface area contributed by atoms with Gasteiger partial charge in [-0.2, -0.15) is 10.4 Å². The quantitative estimate of drug-likeness (QED) is 0.842. The summed E-state index contributed by atoms with van der Waals surface area (Å²) >= 11 is 0. The lowest BCUT2D eigenvalue weighted by atomic mass is 10.1. The van der Waals surface area contributed by atoms with Gasteiger partial charge in [0.2, 0.25) is 0 Å². The first-order valence-electron chi connectivity index (χ1n) is 5.64. The number of rotatable bonds is 4. The fraction of sp³-hybridized carbons (Fsp3) is 0.231. The third-order valence-corrected chi connectivity index (χ3v) is 2.49. The number of aromatic nitrogens is 2. The molecule has 0 spiro atoms. The van der Waals surface area contributed by atoms with Gasteiger partial charge in [-0.3, -0.25) is 5.10 Å². The minimum absolute atomic E-state index is 0.599. The predicted octanol–water partition coefficient (Wildman–Crippen LogP) is 2.98. The van der Waals surface area contributed by atoms with Crippen molar-refractivity contribution in [3.63, 3.8) is 0 Å². The Kier molecular flexibility index (Phi) is 3.41. The molecule has 0 saturated carbocycles. The molecule has 0 atom stereocenters. The van der Waals surface area contributed by atoms with Crippen LogP contribution in [0.3, 0.4) is 0 Å². The Labute approximate surface area is 100 Å². The van der Waals surface area contributed by atoms with Gasteiger partial charge in [-0.25, -0.2) is 0 Å². The fourth-order valence-electron chi connectivity index (χ4n) is 1.68. The minimum atomic E-state index is 0.599. The van der Waals surface area contributed by atoms with Crippen LogP contribution in [-0.4, -0.2) is 10.2 Å². The van der Waals surface area contributed by atoms with Crippen LogP contribution in [0.4, 0.5) is 11.5 Å². The van der Waals surface area contributed by atoms with Crippen molar-refractivity contribution in [3.8, 4) is 6.07 Å². The monoisotopic (exact) mass is 226 g/mol. The van der Waals surface area contributed by atoms with Crippen LogP contribution in [0.2, 0.25) is 0 Å². The first-order chi connectivity index (χ1) is 8.35. The van der Waals surface area contributed by atoms with Gasteiger partial charge in [0.05, 0.1) is 5.69 Å². The maximum atomic E-state index is 9.14. The molecule has 4 nitrogen and oxygen atoms in total. The van der Waals surface area contributed by atoms with Gasteiger partial charge in [0.1, 0.15) is 11.6 Å². The standard InChI is InChI=1S/C13H14N4/c1-2-6-12-11(9-14)13(17-16-12)15-10-7-4-3-5-8-10/h3-5,7-8H,2,6H2,1H3,(H2,15,16,17). The van der Waals surface area contributed by atoms with E-state index < -0.39 is 0 Å². The van der Waals surface area contributed by atoms with Gasteiger partial charge in [-0.15, -0.1) is 0 Å². The van der Waals surface area contributed by atoms with E-state index >= 15 is 0 Å². The summed E-state index contributed by atoms with van der Waals surface area (Å²) in [5, 5.41) is 19.3. The number of aromatic amines is 1. The summed E-state index contributed by atoms with van der Waals surface area (Å²) in [6.07, 6.45) is 1.83. The van der Waals surface area contributed by atoms with E-state index in [1.165, 1.54) is 0 Å². The first kappa shape index (κ1) is 11.2. The van der Waals surface area contributed by atoms with Crippen molar-refractivity contribution >= 4 is 11.5 Å². The zero-order valence-corrected chi connectivity index (χ0v) is 9.70. The summed E-state index contributed by atoms with van der Waals surface area (Å²) in [6, 6.07) is 11.9. The first-order valence-corrected chi connectivity index (χ1v) is 5.64. The summed E-state index contributed by atoms with van der Waals surface area (Å²) in [7, 11) is 0. The SMILES string of the molecule is CCCc1[nH]nc(Nc2ccccc2)c1C#N. The normalized spacial score (nSPS) is 9.88. The number of nitrogens with zero attached hydrogens (tertiary/aromatic N) is 2. The maximum absolute atomic E-state index is 9.14. The highest BCUT2D eigenvalue weighted by atomic mass is 15.2. The zero-order valence-electron chi connectivity index (χ0n) is 9.70. The molecule has 0 bridgehead atoms. The number of hydrogen-bond donors (Lipinski definition) is 2. The molecule has 0 aliphatic rings. The second-order valence-corrected chi connectivity index (χ2v) is 3.78. The Hall–Kier alpha value is -2.28. The Morgan fingerprint density at radius 2 is 2.12 bits per heavy atom. The number of benzene rings is 1. The average Bonchev–Trinajstić information content (AvgIpc) is 2.73. The second-order valence-electron chi connectivity index (χ2n) is 3.78. The van der Waals surface area contributed by atoms with Crippen LogP contribution in [-0.2, 0) is 6.42 Å². The number of H-pyrrole nitrogens is 1. The smallest absolute Gasteiger partial charge is 0.170 e. The molecule has 2 aromatic rings. The van der Waals surface area contributed by atoms with Crippen LogP contribution in [0, 0.1) is 11.3 Å². The van der Waals surface area contributed by atoms with Crippen LogP contribution >= 0.6 is 0 Å². The molecule has 0 aliphatic carbocycles. The lowest BCUT2D eigenvalue weighted by Crippen LogP contribution is -1.93. The molecule has 0 radical (unpaired) electrons. The third-order valence-electron chi connectivity index (χ3n) is 2.49. The van der Waals surface area contributed by atoms with E-state index in [-0.39, 0.29) is 0 Å². The number of para-hydroxylation sites is 1. The molecule has 0 saturated heterocycles. The molecule has 4 heteroatoms. The van der Waals surface area contributed by atoms with Gasteiger partial charge in [0.15, 0.2) is 5.82 Å². The van der Waals surface area contributed by atoms with Crippen molar-refractivity contribution in [1.82, 2.24) is 10.2 Å². The van der Waals surface area contributed by atoms with E-state index in [0.717, 1.165) is 24.2 Å². The van der Waals surface area contributed by atoms with E-state index in [9.17, 15) is 0 Å². The lowest BCUT2D eigenvalue weighted by molar-refractivity contribution is 0.865. The molecule has 0 aliphatic heterocycles. The molecule has 2 N–H and O–H groups in total. The Balaban J connectivity index is 2.25. The summed E-state index contributed by atoms with van der Waals surface area (Å²) in [4.78, 5) is 0. The van der Waals surface area contributed by atoms with Gasteiger partial charge in [-0.05, 0) is 18.6 Å². The summed E-state index contributed by atoms with van der Waals surface area (Å²) in [5.74, 6) is 0.599. The van der Waals surface area contributed by atoms with E-state index in [0.29, 0.717) is 11.4 Å². The van der Waals surface area contributed by atoms with Crippen molar-refractivity contribution in [3.05, 3.63) is 41.6 Å². The average molecular weight is 226 g/mol. The highest BCUT2D eigenvalue weighted by Crippen LogP contribution is 2.21.